The van der Waals surface area contributed by atoms with Gasteiger partial charge in [-0.3, -0.25) is 4.98 Å². The van der Waals surface area contributed by atoms with E-state index < -0.39 is 0 Å². The Morgan fingerprint density at radius 2 is 2.16 bits per heavy atom. The molecule has 1 atom stereocenters. The highest BCUT2D eigenvalue weighted by atomic mass is 35.5. The maximum absolute atomic E-state index is 13.5. The van der Waals surface area contributed by atoms with E-state index in [-0.39, 0.29) is 16.9 Å². The quantitative estimate of drug-likeness (QED) is 0.901. The Morgan fingerprint density at radius 1 is 1.32 bits per heavy atom. The van der Waals surface area contributed by atoms with Crippen molar-refractivity contribution < 1.29 is 4.39 Å². The summed E-state index contributed by atoms with van der Waals surface area (Å²) in [6.45, 7) is 2.83. The number of hydrogen-bond acceptors (Lipinski definition) is 2. The van der Waals surface area contributed by atoms with Crippen molar-refractivity contribution in [2.45, 2.75) is 19.4 Å². The minimum atomic E-state index is -0.386. The molecule has 0 fully saturated rings. The van der Waals surface area contributed by atoms with Crippen LogP contribution in [0.5, 0.6) is 0 Å². The second kappa shape index (κ2) is 6.64. The van der Waals surface area contributed by atoms with E-state index in [1.165, 1.54) is 6.07 Å². The van der Waals surface area contributed by atoms with E-state index in [1.54, 1.807) is 12.3 Å². The maximum atomic E-state index is 13.5. The van der Waals surface area contributed by atoms with Crippen molar-refractivity contribution in [1.29, 1.82) is 0 Å². The predicted octanol–water partition coefficient (Wildman–Crippen LogP) is 3.77. The Balaban J connectivity index is 2.21. The van der Waals surface area contributed by atoms with Crippen LogP contribution in [0.25, 0.3) is 0 Å². The smallest absolute Gasteiger partial charge is 0.142 e. The zero-order valence-electron chi connectivity index (χ0n) is 10.7. The largest absolute Gasteiger partial charge is 0.310 e. The van der Waals surface area contributed by atoms with E-state index >= 15 is 0 Å². The highest BCUT2D eigenvalue weighted by Gasteiger charge is 2.13. The predicted molar refractivity (Wildman–Crippen MR) is 75.8 cm³/mol. The number of nitrogens with one attached hydrogen (secondary N) is 1. The first-order valence-electron chi connectivity index (χ1n) is 6.29. The molecule has 1 aromatic heterocycles. The number of halogens is 2. The van der Waals surface area contributed by atoms with Gasteiger partial charge in [0.1, 0.15) is 5.82 Å². The molecule has 1 aromatic carbocycles. The number of likely N-dealkylation sites (N-methyl/N-ethyl adjacent to an activating group) is 1. The van der Waals surface area contributed by atoms with Crippen LogP contribution in [-0.4, -0.2) is 11.5 Å². The van der Waals surface area contributed by atoms with Gasteiger partial charge < -0.3 is 5.32 Å². The van der Waals surface area contributed by atoms with Crippen LogP contribution in [0.2, 0.25) is 5.02 Å². The van der Waals surface area contributed by atoms with Crippen molar-refractivity contribution in [2.24, 2.45) is 0 Å². The second-order valence-corrected chi connectivity index (χ2v) is 4.72. The zero-order valence-corrected chi connectivity index (χ0v) is 11.5. The summed E-state index contributed by atoms with van der Waals surface area (Å²) in [6.07, 6.45) is 2.48. The average Bonchev–Trinajstić information content (AvgIpc) is 2.43. The van der Waals surface area contributed by atoms with Gasteiger partial charge in [-0.25, -0.2) is 4.39 Å². The van der Waals surface area contributed by atoms with Crippen LogP contribution in [0.15, 0.2) is 42.6 Å². The Hall–Kier alpha value is -1.45. The van der Waals surface area contributed by atoms with Gasteiger partial charge in [-0.05, 0) is 36.4 Å². The molecule has 2 rings (SSSR count). The first-order chi connectivity index (χ1) is 9.20. The van der Waals surface area contributed by atoms with Crippen LogP contribution in [0.4, 0.5) is 4.39 Å². The fourth-order valence-electron chi connectivity index (χ4n) is 2.01. The van der Waals surface area contributed by atoms with Crippen LogP contribution < -0.4 is 5.32 Å². The van der Waals surface area contributed by atoms with Gasteiger partial charge in [-0.1, -0.05) is 30.7 Å². The Bertz CT molecular complexity index is 531. The second-order valence-electron chi connectivity index (χ2n) is 4.31. The van der Waals surface area contributed by atoms with Crippen LogP contribution in [-0.2, 0) is 6.42 Å². The molecule has 100 valence electrons. The highest BCUT2D eigenvalue weighted by molar-refractivity contribution is 6.30. The molecular weight excluding hydrogens is 263 g/mol. The Kier molecular flexibility index (Phi) is 4.88. The molecule has 1 heterocycles. The van der Waals surface area contributed by atoms with Crippen LogP contribution in [0, 0.1) is 5.82 Å². The highest BCUT2D eigenvalue weighted by Crippen LogP contribution is 2.22. The summed E-state index contributed by atoms with van der Waals surface area (Å²) in [7, 11) is 0. The fraction of sp³-hybridized carbons (Fsp3) is 0.267. The third-order valence-corrected chi connectivity index (χ3v) is 3.24. The van der Waals surface area contributed by atoms with E-state index in [4.69, 9.17) is 11.6 Å². The molecule has 0 spiro atoms. The van der Waals surface area contributed by atoms with Crippen LogP contribution in [0.3, 0.4) is 0 Å². The SMILES string of the molecule is CCNC(Cc1ccccn1)c1ccc(Cl)c(F)c1. The van der Waals surface area contributed by atoms with Crippen LogP contribution >= 0.6 is 11.6 Å². The van der Waals surface area contributed by atoms with E-state index in [1.807, 2.05) is 31.2 Å². The van der Waals surface area contributed by atoms with Crippen molar-refractivity contribution >= 4 is 11.6 Å². The summed E-state index contributed by atoms with van der Waals surface area (Å²) in [5.74, 6) is -0.386. The molecule has 2 aromatic rings. The molecule has 0 saturated carbocycles. The third-order valence-electron chi connectivity index (χ3n) is 2.94. The van der Waals surface area contributed by atoms with Crippen molar-refractivity contribution in [3.63, 3.8) is 0 Å². The first kappa shape index (κ1) is 14.0. The van der Waals surface area contributed by atoms with Gasteiger partial charge in [0.25, 0.3) is 0 Å². The Labute approximate surface area is 117 Å². The number of hydrogen-bond donors (Lipinski definition) is 1. The number of nitrogens with zero attached hydrogens (tertiary/aromatic N) is 1. The maximum Gasteiger partial charge on any atom is 0.142 e. The minimum absolute atomic E-state index is 0.0340. The summed E-state index contributed by atoms with van der Waals surface area (Å²) in [5, 5.41) is 3.49. The van der Waals surface area contributed by atoms with Crippen molar-refractivity contribution in [2.75, 3.05) is 6.54 Å². The number of pyridine rings is 1. The zero-order chi connectivity index (χ0) is 13.7. The van der Waals surface area contributed by atoms with Gasteiger partial charge in [-0.2, -0.15) is 0 Å². The molecular formula is C15H16ClFN2. The summed E-state index contributed by atoms with van der Waals surface area (Å²) in [5.41, 5.74) is 1.86. The van der Waals surface area contributed by atoms with Crippen molar-refractivity contribution in [1.82, 2.24) is 10.3 Å². The first-order valence-corrected chi connectivity index (χ1v) is 6.66. The molecule has 0 aliphatic heterocycles. The fourth-order valence-corrected chi connectivity index (χ4v) is 2.13. The normalized spacial score (nSPS) is 12.4. The summed E-state index contributed by atoms with van der Waals surface area (Å²) < 4.78 is 13.5. The molecule has 0 amide bonds. The molecule has 1 N–H and O–H groups in total. The van der Waals surface area contributed by atoms with E-state index in [0.29, 0.717) is 0 Å². The topological polar surface area (TPSA) is 24.9 Å². The van der Waals surface area contributed by atoms with Gasteiger partial charge in [0, 0.05) is 24.4 Å². The summed E-state index contributed by atoms with van der Waals surface area (Å²) >= 11 is 5.71. The number of rotatable bonds is 5. The van der Waals surface area contributed by atoms with Crippen molar-refractivity contribution in [3.8, 4) is 0 Å². The van der Waals surface area contributed by atoms with Gasteiger partial charge in [0.2, 0.25) is 0 Å². The lowest BCUT2D eigenvalue weighted by atomic mass is 10.0. The van der Waals surface area contributed by atoms with E-state index in [9.17, 15) is 4.39 Å². The van der Waals surface area contributed by atoms with E-state index in [0.717, 1.165) is 24.2 Å². The average molecular weight is 279 g/mol. The Morgan fingerprint density at radius 3 is 2.79 bits per heavy atom. The van der Waals surface area contributed by atoms with Gasteiger partial charge in [0.15, 0.2) is 0 Å². The summed E-state index contributed by atoms with van der Waals surface area (Å²) in [6, 6.07) is 10.8. The molecule has 2 nitrogen and oxygen atoms in total. The third kappa shape index (κ3) is 3.75. The number of aromatic nitrogens is 1. The lowest BCUT2D eigenvalue weighted by molar-refractivity contribution is 0.537. The molecule has 19 heavy (non-hydrogen) atoms. The molecule has 1 unspecified atom stereocenters. The van der Waals surface area contributed by atoms with Crippen LogP contribution in [0.1, 0.15) is 24.2 Å². The number of benzene rings is 1. The van der Waals surface area contributed by atoms with Crippen molar-refractivity contribution in [3.05, 3.63) is 64.7 Å². The van der Waals surface area contributed by atoms with Gasteiger partial charge in [0.05, 0.1) is 5.02 Å². The molecule has 0 aliphatic carbocycles. The van der Waals surface area contributed by atoms with Gasteiger partial charge in [-0.15, -0.1) is 0 Å². The minimum Gasteiger partial charge on any atom is -0.310 e. The molecule has 0 bridgehead atoms. The molecule has 0 radical (unpaired) electrons. The lowest BCUT2D eigenvalue weighted by Crippen LogP contribution is -2.23. The molecule has 0 aliphatic rings. The monoisotopic (exact) mass is 278 g/mol. The van der Waals surface area contributed by atoms with E-state index in [2.05, 4.69) is 10.3 Å². The molecule has 4 heteroatoms. The standard InChI is InChI=1S/C15H16ClFN2/c1-2-18-15(10-12-5-3-4-8-19-12)11-6-7-13(16)14(17)9-11/h3-9,15,18H,2,10H2,1H3. The lowest BCUT2D eigenvalue weighted by Gasteiger charge is -2.18. The summed E-state index contributed by atoms with van der Waals surface area (Å²) in [4.78, 5) is 4.31. The molecule has 0 saturated heterocycles. The van der Waals surface area contributed by atoms with Gasteiger partial charge >= 0.3 is 0 Å².